The van der Waals surface area contributed by atoms with Gasteiger partial charge in [-0.1, -0.05) is 160 Å². The van der Waals surface area contributed by atoms with E-state index in [1.54, 1.807) is 0 Å². The van der Waals surface area contributed by atoms with Crippen molar-refractivity contribution in [1.29, 1.82) is 0 Å². The Morgan fingerprint density at radius 1 is 0.780 bits per heavy atom. The summed E-state index contributed by atoms with van der Waals surface area (Å²) in [7, 11) is 0. The maximum atomic E-state index is 10.1. The minimum atomic E-state index is -0.221. The summed E-state index contributed by atoms with van der Waals surface area (Å²) < 4.78 is 0. The third-order valence-electron chi connectivity index (χ3n) is 8.37. The van der Waals surface area contributed by atoms with Gasteiger partial charge in [0.25, 0.3) is 0 Å². The van der Waals surface area contributed by atoms with Crippen molar-refractivity contribution in [3.05, 3.63) is 131 Å². The van der Waals surface area contributed by atoms with Crippen LogP contribution in [0.5, 0.6) is 0 Å². The van der Waals surface area contributed by atoms with Gasteiger partial charge in [0.2, 0.25) is 0 Å². The number of aliphatic hydroxyl groups is 1. The van der Waals surface area contributed by atoms with Gasteiger partial charge < -0.3 is 5.11 Å². The normalized spacial score (nSPS) is 26.7. The van der Waals surface area contributed by atoms with Crippen molar-refractivity contribution in [2.45, 2.75) is 94.6 Å². The lowest BCUT2D eigenvalue weighted by atomic mass is 9.67. The fourth-order valence-corrected chi connectivity index (χ4v) is 5.98. The van der Waals surface area contributed by atoms with Crippen LogP contribution in [0.25, 0.3) is 0 Å². The molecule has 1 N–H and O–H groups in total. The van der Waals surface area contributed by atoms with Gasteiger partial charge in [-0.3, -0.25) is 0 Å². The van der Waals surface area contributed by atoms with E-state index >= 15 is 0 Å². The van der Waals surface area contributed by atoms with E-state index in [1.807, 2.05) is 0 Å². The van der Waals surface area contributed by atoms with Gasteiger partial charge in [-0.15, -0.1) is 0 Å². The third kappa shape index (κ3) is 11.9. The van der Waals surface area contributed by atoms with E-state index in [9.17, 15) is 5.11 Å². The Labute approximate surface area is 252 Å². The zero-order valence-corrected chi connectivity index (χ0v) is 27.5. The Bertz CT molecular complexity index is 1220. The Balaban J connectivity index is 1.88. The number of rotatable bonds is 10. The molecule has 0 aromatic rings. The van der Waals surface area contributed by atoms with E-state index in [2.05, 4.69) is 166 Å². The molecule has 0 amide bonds. The fraction of sp³-hybridized carbons (Fsp3) is 0.450. The summed E-state index contributed by atoms with van der Waals surface area (Å²) in [5.41, 5.74) is 7.88. The molecule has 1 nitrogen and oxygen atoms in total. The van der Waals surface area contributed by atoms with Crippen LogP contribution in [0.1, 0.15) is 88.5 Å². The van der Waals surface area contributed by atoms with Crippen LogP contribution in [0.2, 0.25) is 0 Å². The zero-order chi connectivity index (χ0) is 30.6. The van der Waals surface area contributed by atoms with Gasteiger partial charge >= 0.3 is 0 Å². The van der Waals surface area contributed by atoms with Crippen LogP contribution in [0.15, 0.2) is 131 Å². The standard InChI is InChI=1S/C40H56O/c1-30(18-13-20-32(3)23-25-37-34(5)22-15-27-39(37,7)8)16-11-12-17-31(2)19-14-21-33(4)24-26-38-35(6)28-36(41)29-40(38,9)10/h11-26,34,36-37,41H,27-29H2,1-10H3/b12-11+,18-13+,19-14+,25-23+,26-24+,30-16+,31-17+,32-20+,33-21+/t34?,36-,37-/m1/s1. The molecule has 41 heavy (non-hydrogen) atoms. The van der Waals surface area contributed by atoms with Gasteiger partial charge in [0.1, 0.15) is 0 Å². The second kappa shape index (κ2) is 15.9. The first-order chi connectivity index (χ1) is 19.2. The minimum Gasteiger partial charge on any atom is -0.393 e. The van der Waals surface area contributed by atoms with Crippen molar-refractivity contribution < 1.29 is 5.11 Å². The lowest BCUT2D eigenvalue weighted by Crippen LogP contribution is -2.29. The molecule has 0 radical (unpaired) electrons. The van der Waals surface area contributed by atoms with Crippen LogP contribution >= 0.6 is 0 Å². The molecule has 0 saturated heterocycles. The fourth-order valence-electron chi connectivity index (χ4n) is 5.98. The molecule has 1 heteroatoms. The highest BCUT2D eigenvalue weighted by Crippen LogP contribution is 2.42. The molecule has 2 aliphatic rings. The summed E-state index contributed by atoms with van der Waals surface area (Å²) in [6, 6.07) is 0. The van der Waals surface area contributed by atoms with E-state index in [1.165, 1.54) is 33.4 Å². The first-order valence-electron chi connectivity index (χ1n) is 15.3. The largest absolute Gasteiger partial charge is 0.393 e. The summed E-state index contributed by atoms with van der Waals surface area (Å²) in [6.45, 7) is 22.2. The summed E-state index contributed by atoms with van der Waals surface area (Å²) in [6.07, 6.45) is 37.6. The molecule has 2 rings (SSSR count). The highest BCUT2D eigenvalue weighted by molar-refractivity contribution is 5.38. The predicted octanol–water partition coefficient (Wildman–Crippen LogP) is 11.3. The van der Waals surface area contributed by atoms with Gasteiger partial charge in [-0.05, 0) is 82.1 Å². The zero-order valence-electron chi connectivity index (χ0n) is 27.5. The van der Waals surface area contributed by atoms with Gasteiger partial charge in [0, 0.05) is 0 Å². The topological polar surface area (TPSA) is 20.2 Å². The maximum absolute atomic E-state index is 10.1. The summed E-state index contributed by atoms with van der Waals surface area (Å²) in [4.78, 5) is 0. The predicted molar refractivity (Wildman–Crippen MR) is 183 cm³/mol. The Hall–Kier alpha value is -2.90. The smallest absolute Gasteiger partial charge is 0.0585 e. The number of aliphatic hydroxyl groups excluding tert-OH is 1. The Morgan fingerprint density at radius 3 is 1.83 bits per heavy atom. The molecular formula is C40H56O. The van der Waals surface area contributed by atoms with Crippen LogP contribution < -0.4 is 0 Å². The van der Waals surface area contributed by atoms with Crippen molar-refractivity contribution in [2.24, 2.45) is 22.7 Å². The van der Waals surface area contributed by atoms with E-state index in [0.717, 1.165) is 19.3 Å². The lowest BCUT2D eigenvalue weighted by molar-refractivity contribution is 0.116. The molecule has 1 unspecified atom stereocenters. The van der Waals surface area contributed by atoms with E-state index < -0.39 is 0 Å². The number of hydrogen-bond acceptors (Lipinski definition) is 1. The van der Waals surface area contributed by atoms with Crippen molar-refractivity contribution >= 4 is 0 Å². The summed E-state index contributed by atoms with van der Waals surface area (Å²) >= 11 is 0. The maximum Gasteiger partial charge on any atom is 0.0585 e. The van der Waals surface area contributed by atoms with E-state index in [-0.39, 0.29) is 11.5 Å². The molecule has 0 heterocycles. The molecule has 222 valence electrons. The monoisotopic (exact) mass is 552 g/mol. The summed E-state index contributed by atoms with van der Waals surface area (Å²) in [5, 5.41) is 10.1. The van der Waals surface area contributed by atoms with Gasteiger partial charge in [0.15, 0.2) is 0 Å². The Kier molecular flexibility index (Phi) is 13.3. The van der Waals surface area contributed by atoms with Crippen LogP contribution in [0, 0.1) is 22.7 Å². The van der Waals surface area contributed by atoms with Crippen LogP contribution in [-0.2, 0) is 0 Å². The van der Waals surface area contributed by atoms with Crippen molar-refractivity contribution in [3.8, 4) is 0 Å². The molecule has 0 bridgehead atoms. The van der Waals surface area contributed by atoms with Gasteiger partial charge in [-0.25, -0.2) is 0 Å². The molecule has 3 atom stereocenters. The minimum absolute atomic E-state index is 0.0124. The second-order valence-electron chi connectivity index (χ2n) is 13.6. The second-order valence-corrected chi connectivity index (χ2v) is 13.6. The number of hydrogen-bond donors (Lipinski definition) is 1. The average Bonchev–Trinajstić information content (AvgIpc) is 2.84. The first-order valence-corrected chi connectivity index (χ1v) is 15.3. The van der Waals surface area contributed by atoms with Crippen LogP contribution in [-0.4, -0.2) is 11.2 Å². The van der Waals surface area contributed by atoms with Crippen molar-refractivity contribution in [2.75, 3.05) is 0 Å². The molecule has 0 saturated carbocycles. The highest BCUT2D eigenvalue weighted by Gasteiger charge is 2.32. The van der Waals surface area contributed by atoms with Crippen LogP contribution in [0.4, 0.5) is 0 Å². The molecule has 0 aliphatic heterocycles. The quantitative estimate of drug-likeness (QED) is 0.211. The molecule has 0 fully saturated rings. The molecule has 2 aliphatic carbocycles. The van der Waals surface area contributed by atoms with Crippen molar-refractivity contribution in [1.82, 2.24) is 0 Å². The molecular weight excluding hydrogens is 496 g/mol. The van der Waals surface area contributed by atoms with Crippen LogP contribution in [0.3, 0.4) is 0 Å². The third-order valence-corrected chi connectivity index (χ3v) is 8.37. The molecule has 0 aromatic carbocycles. The SMILES string of the molecule is CC1=C(/C=C/C(C)=C/C=C/C(C)=C/C=C/C=C(C)/C=C/C=C(C)/C=C/[C@@H]2C(C)C=CCC2(C)C)C(C)(C)C[C@H](O)C1. The number of allylic oxidation sites excluding steroid dienone is 21. The van der Waals surface area contributed by atoms with E-state index in [4.69, 9.17) is 0 Å². The highest BCUT2D eigenvalue weighted by atomic mass is 16.3. The molecule has 0 aromatic heterocycles. The lowest BCUT2D eigenvalue weighted by Gasteiger charge is -2.38. The Morgan fingerprint density at radius 2 is 1.29 bits per heavy atom. The first kappa shape index (κ1) is 34.3. The average molecular weight is 553 g/mol. The van der Waals surface area contributed by atoms with Gasteiger partial charge in [-0.2, -0.15) is 0 Å². The van der Waals surface area contributed by atoms with E-state index in [0.29, 0.717) is 17.3 Å². The van der Waals surface area contributed by atoms with Gasteiger partial charge in [0.05, 0.1) is 6.10 Å². The van der Waals surface area contributed by atoms with Crippen molar-refractivity contribution in [3.63, 3.8) is 0 Å². The summed E-state index contributed by atoms with van der Waals surface area (Å²) in [5.74, 6) is 1.16. The molecule has 0 spiro atoms.